The van der Waals surface area contributed by atoms with Crippen LogP contribution in [-0.2, 0) is 19.9 Å². The molecule has 0 radical (unpaired) electrons. The second kappa shape index (κ2) is 31.7. The third-order valence-corrected chi connectivity index (χ3v) is 14.2. The van der Waals surface area contributed by atoms with Crippen molar-refractivity contribution in [2.45, 2.75) is 231 Å². The molecule has 5 heteroatoms. The minimum Gasteiger partial charge on any atom is -0.494 e. The highest BCUT2D eigenvalue weighted by Crippen LogP contribution is 2.54. The van der Waals surface area contributed by atoms with Crippen molar-refractivity contribution in [1.29, 1.82) is 0 Å². The van der Waals surface area contributed by atoms with Crippen LogP contribution < -0.4 is 4.74 Å². The third kappa shape index (κ3) is 17.9. The van der Waals surface area contributed by atoms with E-state index in [9.17, 15) is 9.18 Å². The van der Waals surface area contributed by atoms with Gasteiger partial charge in [-0.05, 0) is 67.5 Å². The van der Waals surface area contributed by atoms with E-state index in [1.807, 2.05) is 36.4 Å². The summed E-state index contributed by atoms with van der Waals surface area (Å²) in [6.07, 6.45) is 44.7. The van der Waals surface area contributed by atoms with Crippen molar-refractivity contribution in [2.24, 2.45) is 5.92 Å². The average Bonchev–Trinajstić information content (AvgIpc) is 3.95. The Hall–Kier alpha value is -3.18. The summed E-state index contributed by atoms with van der Waals surface area (Å²) in [5.41, 5.74) is 3.12. The number of benzene rings is 3. The van der Waals surface area contributed by atoms with Crippen LogP contribution in [0.15, 0.2) is 66.7 Å². The van der Waals surface area contributed by atoms with E-state index < -0.39 is 5.60 Å². The number of carbonyl (C=O) groups excluding carboxylic acids is 1. The zero-order valence-corrected chi connectivity index (χ0v) is 40.6. The number of unbranched alkanes of at least 4 members (excludes halogenated alkanes) is 28. The van der Waals surface area contributed by atoms with Crippen LogP contribution in [0.1, 0.15) is 242 Å². The molecule has 1 fully saturated rings. The molecule has 5 rings (SSSR count). The minimum absolute atomic E-state index is 0.126. The van der Waals surface area contributed by atoms with Crippen LogP contribution in [0.2, 0.25) is 0 Å². The number of ether oxygens (including phenoxy) is 3. The molecule has 356 valence electrons. The van der Waals surface area contributed by atoms with Gasteiger partial charge in [0.2, 0.25) is 0 Å². The lowest BCUT2D eigenvalue weighted by Crippen LogP contribution is -2.35. The molecule has 0 saturated heterocycles. The Morgan fingerprint density at radius 1 is 0.516 bits per heavy atom. The molecule has 0 N–H and O–H groups in total. The normalized spacial score (nSPS) is 15.7. The Kier molecular flexibility index (Phi) is 25.6. The Balaban J connectivity index is 0.825. The van der Waals surface area contributed by atoms with Crippen molar-refractivity contribution >= 4 is 5.97 Å². The summed E-state index contributed by atoms with van der Waals surface area (Å²) in [5.74, 6) is 0.0789. The molecule has 0 aliphatic heterocycles. The summed E-state index contributed by atoms with van der Waals surface area (Å²) >= 11 is 0. The van der Waals surface area contributed by atoms with Gasteiger partial charge < -0.3 is 14.2 Å². The predicted molar refractivity (Wildman–Crippen MR) is 267 cm³/mol. The molecule has 64 heavy (non-hydrogen) atoms. The van der Waals surface area contributed by atoms with E-state index in [0.717, 1.165) is 79.7 Å². The maximum Gasteiger partial charge on any atom is 0.310 e. The van der Waals surface area contributed by atoms with E-state index in [-0.39, 0.29) is 17.7 Å². The van der Waals surface area contributed by atoms with Crippen LogP contribution in [-0.4, -0.2) is 25.8 Å². The molecular formula is C59H89FO4. The average molecular weight is 881 g/mol. The van der Waals surface area contributed by atoms with Gasteiger partial charge in [-0.3, -0.25) is 4.79 Å². The van der Waals surface area contributed by atoms with Crippen LogP contribution in [0.3, 0.4) is 0 Å². The first-order valence-electron chi connectivity index (χ1n) is 27.1. The van der Waals surface area contributed by atoms with Crippen LogP contribution in [0.25, 0.3) is 11.1 Å². The molecule has 1 unspecified atom stereocenters. The first-order chi connectivity index (χ1) is 31.6. The van der Waals surface area contributed by atoms with E-state index in [2.05, 4.69) is 19.1 Å². The molecule has 3 aromatic carbocycles. The van der Waals surface area contributed by atoms with Gasteiger partial charge in [0.25, 0.3) is 0 Å². The number of fused-ring (bicyclic) bond motifs is 3. The van der Waals surface area contributed by atoms with E-state index in [0.29, 0.717) is 12.2 Å². The van der Waals surface area contributed by atoms with Gasteiger partial charge >= 0.3 is 5.97 Å². The fourth-order valence-corrected chi connectivity index (χ4v) is 10.4. The summed E-state index contributed by atoms with van der Waals surface area (Å²) in [6.45, 7) is 4.82. The van der Waals surface area contributed by atoms with Crippen molar-refractivity contribution in [3.63, 3.8) is 0 Å². The van der Waals surface area contributed by atoms with E-state index in [1.54, 1.807) is 6.07 Å². The van der Waals surface area contributed by atoms with Gasteiger partial charge in [-0.25, -0.2) is 4.39 Å². The smallest absolute Gasteiger partial charge is 0.310 e. The second-order valence-electron chi connectivity index (χ2n) is 19.6. The minimum atomic E-state index is -1.23. The molecule has 0 aromatic heterocycles. The van der Waals surface area contributed by atoms with Gasteiger partial charge in [0.15, 0.2) is 5.60 Å². The Morgan fingerprint density at radius 2 is 0.984 bits per heavy atom. The van der Waals surface area contributed by atoms with Gasteiger partial charge in [-0.1, -0.05) is 236 Å². The molecule has 0 spiro atoms. The SMILES string of the molecule is CCCCCCCCCCCCCCCCCCCCCCOCCCCCCCCCCCCOc1ccc2c(c1)C(OC(=O)C1CCCC1)(c1cccc(F)c1)c1ccccc1-2. The van der Waals surface area contributed by atoms with E-state index in [4.69, 9.17) is 14.2 Å². The summed E-state index contributed by atoms with van der Waals surface area (Å²) in [7, 11) is 0. The Labute approximate surface area is 390 Å². The summed E-state index contributed by atoms with van der Waals surface area (Å²) in [6, 6.07) is 20.7. The highest BCUT2D eigenvalue weighted by atomic mass is 19.1. The number of rotatable bonds is 38. The Bertz CT molecular complexity index is 1680. The number of halogens is 1. The lowest BCUT2D eigenvalue weighted by Gasteiger charge is -2.33. The fourth-order valence-electron chi connectivity index (χ4n) is 10.4. The van der Waals surface area contributed by atoms with Gasteiger partial charge in [0.1, 0.15) is 11.6 Å². The summed E-state index contributed by atoms with van der Waals surface area (Å²) < 4.78 is 33.7. The topological polar surface area (TPSA) is 44.8 Å². The number of hydrogen-bond acceptors (Lipinski definition) is 4. The number of hydrogen-bond donors (Lipinski definition) is 0. The monoisotopic (exact) mass is 881 g/mol. The molecule has 2 aliphatic rings. The number of carbonyl (C=O) groups is 1. The third-order valence-electron chi connectivity index (χ3n) is 14.2. The summed E-state index contributed by atoms with van der Waals surface area (Å²) in [4.78, 5) is 13.7. The molecule has 1 saturated carbocycles. The van der Waals surface area contributed by atoms with E-state index in [1.165, 1.54) is 192 Å². The molecule has 2 aliphatic carbocycles. The van der Waals surface area contributed by atoms with Crippen LogP contribution >= 0.6 is 0 Å². The van der Waals surface area contributed by atoms with Crippen molar-refractivity contribution in [3.05, 3.63) is 89.2 Å². The molecule has 3 aromatic rings. The maximum absolute atomic E-state index is 14.8. The highest BCUT2D eigenvalue weighted by molar-refractivity contribution is 5.85. The van der Waals surface area contributed by atoms with E-state index >= 15 is 0 Å². The predicted octanol–water partition coefficient (Wildman–Crippen LogP) is 17.9. The zero-order valence-electron chi connectivity index (χ0n) is 40.6. The van der Waals surface area contributed by atoms with Crippen LogP contribution in [0.5, 0.6) is 5.75 Å². The first-order valence-corrected chi connectivity index (χ1v) is 27.1. The lowest BCUT2D eigenvalue weighted by atomic mass is 9.83. The number of esters is 1. The molecule has 1 atom stereocenters. The molecule has 4 nitrogen and oxygen atoms in total. The van der Waals surface area contributed by atoms with Crippen molar-refractivity contribution in [1.82, 2.24) is 0 Å². The van der Waals surface area contributed by atoms with Gasteiger partial charge in [0.05, 0.1) is 12.5 Å². The molecule has 0 heterocycles. The lowest BCUT2D eigenvalue weighted by molar-refractivity contribution is -0.158. The van der Waals surface area contributed by atoms with Crippen LogP contribution in [0, 0.1) is 11.7 Å². The van der Waals surface area contributed by atoms with Crippen molar-refractivity contribution in [2.75, 3.05) is 19.8 Å². The van der Waals surface area contributed by atoms with Gasteiger partial charge in [0, 0.05) is 29.9 Å². The van der Waals surface area contributed by atoms with Crippen LogP contribution in [0.4, 0.5) is 4.39 Å². The zero-order chi connectivity index (χ0) is 44.8. The second-order valence-corrected chi connectivity index (χ2v) is 19.6. The standard InChI is InChI=1S/C59H89FO4/c1-2-3-4-5-6-7-8-9-10-11-12-13-14-15-16-17-20-23-26-33-45-62-46-34-27-24-21-18-19-22-25-28-35-47-63-53-43-44-55-54-41-31-32-42-56(54)59(57(55)49-53,51-39-36-40-52(60)48-51)64-58(61)50-37-29-30-38-50/h31-32,36,39-44,48-50H,2-30,33-35,37-38,45-47H2,1H3. The Morgan fingerprint density at radius 3 is 1.50 bits per heavy atom. The fraction of sp³-hybridized carbons (Fsp3) is 0.678. The summed E-state index contributed by atoms with van der Waals surface area (Å²) in [5, 5.41) is 0. The van der Waals surface area contributed by atoms with Crippen molar-refractivity contribution < 1.29 is 23.4 Å². The highest BCUT2D eigenvalue weighted by Gasteiger charge is 2.49. The largest absolute Gasteiger partial charge is 0.494 e. The quantitative estimate of drug-likeness (QED) is 0.0425. The molecule has 0 amide bonds. The molecule has 0 bridgehead atoms. The van der Waals surface area contributed by atoms with Gasteiger partial charge in [-0.2, -0.15) is 0 Å². The first kappa shape index (κ1) is 51.8. The van der Waals surface area contributed by atoms with Gasteiger partial charge in [-0.15, -0.1) is 0 Å². The van der Waals surface area contributed by atoms with Crippen molar-refractivity contribution in [3.8, 4) is 16.9 Å². The molecular weight excluding hydrogens is 792 g/mol. The maximum atomic E-state index is 14.8.